The summed E-state index contributed by atoms with van der Waals surface area (Å²) in [6, 6.07) is 17.7. The lowest BCUT2D eigenvalue weighted by atomic mass is 9.92. The van der Waals surface area contributed by atoms with E-state index in [0.29, 0.717) is 18.0 Å². The van der Waals surface area contributed by atoms with Gasteiger partial charge in [0, 0.05) is 16.3 Å². The van der Waals surface area contributed by atoms with Gasteiger partial charge in [-0.1, -0.05) is 49.4 Å². The van der Waals surface area contributed by atoms with Gasteiger partial charge in [-0.25, -0.2) is 4.79 Å². The first-order valence-electron chi connectivity index (χ1n) is 10.0. The number of carbonyl (C=O) groups excluding carboxylic acids is 1. The van der Waals surface area contributed by atoms with Gasteiger partial charge in [-0.15, -0.1) is 11.3 Å². The van der Waals surface area contributed by atoms with Gasteiger partial charge in [0.15, 0.2) is 0 Å². The first kappa shape index (κ1) is 19.5. The minimum atomic E-state index is -0.0990. The molecular weight excluding hydrogens is 380 g/mol. The van der Waals surface area contributed by atoms with Crippen molar-refractivity contribution >= 4 is 23.1 Å². The number of hydrogen-bond acceptors (Lipinski definition) is 3. The van der Waals surface area contributed by atoms with Crippen molar-refractivity contribution in [2.24, 2.45) is 0 Å². The number of amides is 2. The van der Waals surface area contributed by atoms with Crippen molar-refractivity contribution in [3.8, 4) is 5.75 Å². The first-order chi connectivity index (χ1) is 14.1. The molecular formula is C24H26N2O2S. The van der Waals surface area contributed by atoms with E-state index in [1.165, 1.54) is 20.9 Å². The number of urea groups is 1. The fourth-order valence-electron chi connectivity index (χ4n) is 4.23. The summed E-state index contributed by atoms with van der Waals surface area (Å²) >= 11 is 1.83. The molecule has 2 aromatic carbocycles. The Kier molecular flexibility index (Phi) is 5.58. The number of hydrogen-bond donors (Lipinski definition) is 1. The number of benzene rings is 2. The highest BCUT2D eigenvalue weighted by Gasteiger charge is 2.35. The van der Waals surface area contributed by atoms with Gasteiger partial charge < -0.3 is 15.0 Å². The van der Waals surface area contributed by atoms with E-state index in [1.54, 1.807) is 7.11 Å². The maximum atomic E-state index is 13.4. The van der Waals surface area contributed by atoms with Crippen LogP contribution in [0.1, 0.15) is 39.4 Å². The predicted molar refractivity (Wildman–Crippen MR) is 119 cm³/mol. The monoisotopic (exact) mass is 406 g/mol. The number of methoxy groups -OCH3 is 1. The average molecular weight is 407 g/mol. The SMILES string of the molecule is CCc1c(C)sc2c1CCN(C(=O)Nc1ccccc1OC)[C@H]2c1ccccc1. The normalized spacial score (nSPS) is 15.7. The summed E-state index contributed by atoms with van der Waals surface area (Å²) in [6.45, 7) is 5.10. The average Bonchev–Trinajstić information content (AvgIpc) is 3.08. The van der Waals surface area contributed by atoms with Crippen LogP contribution in [0.5, 0.6) is 5.75 Å². The van der Waals surface area contributed by atoms with Crippen LogP contribution >= 0.6 is 11.3 Å². The highest BCUT2D eigenvalue weighted by atomic mass is 32.1. The summed E-state index contributed by atoms with van der Waals surface area (Å²) in [7, 11) is 1.62. The second-order valence-corrected chi connectivity index (χ2v) is 8.48. The molecule has 0 radical (unpaired) electrons. The molecule has 0 spiro atoms. The molecule has 0 aliphatic carbocycles. The quantitative estimate of drug-likeness (QED) is 0.594. The lowest BCUT2D eigenvalue weighted by molar-refractivity contribution is 0.195. The lowest BCUT2D eigenvalue weighted by Crippen LogP contribution is -2.42. The zero-order valence-electron chi connectivity index (χ0n) is 17.1. The van der Waals surface area contributed by atoms with Crippen molar-refractivity contribution in [1.29, 1.82) is 0 Å². The zero-order valence-corrected chi connectivity index (χ0v) is 17.9. The molecule has 1 atom stereocenters. The number of rotatable bonds is 4. The van der Waals surface area contributed by atoms with Crippen molar-refractivity contribution in [2.45, 2.75) is 32.7 Å². The number of nitrogens with one attached hydrogen (secondary N) is 1. The number of thiophene rings is 1. The third-order valence-corrected chi connectivity index (χ3v) is 6.83. The molecule has 150 valence electrons. The topological polar surface area (TPSA) is 41.6 Å². The van der Waals surface area contributed by atoms with E-state index >= 15 is 0 Å². The number of aryl methyl sites for hydroxylation is 1. The minimum Gasteiger partial charge on any atom is -0.495 e. The number of nitrogens with zero attached hydrogens (tertiary/aromatic N) is 1. The van der Waals surface area contributed by atoms with Crippen LogP contribution in [0, 0.1) is 6.92 Å². The standard InChI is InChI=1S/C24H26N2O2S/c1-4-18-16(2)29-23-19(18)14-15-26(22(23)17-10-6-5-7-11-17)24(27)25-20-12-8-9-13-21(20)28-3/h5-13,22H,4,14-15H2,1-3H3,(H,25,27)/t22-/m0/s1. The molecule has 0 unspecified atom stereocenters. The van der Waals surface area contributed by atoms with Crippen LogP contribution < -0.4 is 10.1 Å². The molecule has 0 bridgehead atoms. The highest BCUT2D eigenvalue weighted by Crippen LogP contribution is 2.43. The van der Waals surface area contributed by atoms with Crippen LogP contribution in [0.2, 0.25) is 0 Å². The summed E-state index contributed by atoms with van der Waals surface area (Å²) in [5, 5.41) is 3.06. The third-order valence-electron chi connectivity index (χ3n) is 5.59. The lowest BCUT2D eigenvalue weighted by Gasteiger charge is -2.36. The Morgan fingerprint density at radius 2 is 1.90 bits per heavy atom. The number of para-hydroxylation sites is 2. The number of ether oxygens (including phenoxy) is 1. The summed E-state index contributed by atoms with van der Waals surface area (Å²) in [5.74, 6) is 0.662. The zero-order chi connectivity index (χ0) is 20.4. The molecule has 0 saturated heterocycles. The largest absolute Gasteiger partial charge is 0.495 e. The Morgan fingerprint density at radius 3 is 2.62 bits per heavy atom. The minimum absolute atomic E-state index is 0.0707. The second kappa shape index (κ2) is 8.29. The van der Waals surface area contributed by atoms with Crippen LogP contribution in [0.25, 0.3) is 0 Å². The number of anilines is 1. The van der Waals surface area contributed by atoms with Crippen LogP contribution in [0.3, 0.4) is 0 Å². The molecule has 1 aliphatic heterocycles. The summed E-state index contributed by atoms with van der Waals surface area (Å²) in [6.07, 6.45) is 1.93. The molecule has 29 heavy (non-hydrogen) atoms. The molecule has 4 rings (SSSR count). The van der Waals surface area contributed by atoms with Gasteiger partial charge in [0.2, 0.25) is 0 Å². The van der Waals surface area contributed by atoms with Crippen molar-refractivity contribution in [3.63, 3.8) is 0 Å². The van der Waals surface area contributed by atoms with Gasteiger partial charge in [0.25, 0.3) is 0 Å². The molecule has 4 nitrogen and oxygen atoms in total. The van der Waals surface area contributed by atoms with Gasteiger partial charge in [0.05, 0.1) is 18.8 Å². The van der Waals surface area contributed by atoms with E-state index < -0.39 is 0 Å². The van der Waals surface area contributed by atoms with Crippen LogP contribution in [-0.4, -0.2) is 24.6 Å². The van der Waals surface area contributed by atoms with Crippen molar-refractivity contribution < 1.29 is 9.53 Å². The molecule has 5 heteroatoms. The molecule has 0 fully saturated rings. The maximum absolute atomic E-state index is 13.4. The predicted octanol–water partition coefficient (Wildman–Crippen LogP) is 5.81. The summed E-state index contributed by atoms with van der Waals surface area (Å²) < 4.78 is 5.40. The van der Waals surface area contributed by atoms with Crippen LogP contribution in [0.15, 0.2) is 54.6 Å². The molecule has 3 aromatic rings. The van der Waals surface area contributed by atoms with E-state index in [0.717, 1.165) is 18.4 Å². The summed E-state index contributed by atoms with van der Waals surface area (Å²) in [4.78, 5) is 18.0. The van der Waals surface area contributed by atoms with Gasteiger partial charge in [0.1, 0.15) is 5.75 Å². The van der Waals surface area contributed by atoms with Gasteiger partial charge in [-0.3, -0.25) is 0 Å². The third kappa shape index (κ3) is 3.62. The van der Waals surface area contributed by atoms with Gasteiger partial charge in [-0.2, -0.15) is 0 Å². The Morgan fingerprint density at radius 1 is 1.17 bits per heavy atom. The van der Waals surface area contributed by atoms with E-state index in [1.807, 2.05) is 58.7 Å². The van der Waals surface area contributed by atoms with E-state index in [2.05, 4.69) is 31.3 Å². The second-order valence-electron chi connectivity index (χ2n) is 7.22. The highest BCUT2D eigenvalue weighted by molar-refractivity contribution is 7.12. The fraction of sp³-hybridized carbons (Fsp3) is 0.292. The Labute approximate surface area is 176 Å². The van der Waals surface area contributed by atoms with Crippen LogP contribution in [-0.2, 0) is 12.8 Å². The van der Waals surface area contributed by atoms with E-state index in [4.69, 9.17) is 4.74 Å². The van der Waals surface area contributed by atoms with Crippen molar-refractivity contribution in [3.05, 3.63) is 81.0 Å². The first-order valence-corrected chi connectivity index (χ1v) is 10.8. The molecule has 1 aliphatic rings. The molecule has 1 N–H and O–H groups in total. The van der Waals surface area contributed by atoms with E-state index in [9.17, 15) is 4.79 Å². The van der Waals surface area contributed by atoms with Crippen molar-refractivity contribution in [2.75, 3.05) is 19.0 Å². The fourth-order valence-corrected chi connectivity index (χ4v) is 5.67. The molecule has 0 saturated carbocycles. The molecule has 1 aromatic heterocycles. The smallest absolute Gasteiger partial charge is 0.322 e. The summed E-state index contributed by atoms with van der Waals surface area (Å²) in [5.41, 5.74) is 4.72. The molecule has 2 amide bonds. The maximum Gasteiger partial charge on any atom is 0.322 e. The molecule has 2 heterocycles. The number of fused-ring (bicyclic) bond motifs is 1. The Bertz CT molecular complexity index is 1010. The van der Waals surface area contributed by atoms with Gasteiger partial charge in [-0.05, 0) is 48.6 Å². The Hall–Kier alpha value is -2.79. The van der Waals surface area contributed by atoms with E-state index in [-0.39, 0.29) is 12.1 Å². The van der Waals surface area contributed by atoms with Crippen LogP contribution in [0.4, 0.5) is 10.5 Å². The van der Waals surface area contributed by atoms with Crippen molar-refractivity contribution in [1.82, 2.24) is 4.90 Å². The number of carbonyl (C=O) groups is 1. The Balaban J connectivity index is 1.73. The van der Waals surface area contributed by atoms with Gasteiger partial charge >= 0.3 is 6.03 Å².